The van der Waals surface area contributed by atoms with E-state index >= 15 is 0 Å². The van der Waals surface area contributed by atoms with Crippen LogP contribution in [0.2, 0.25) is 5.02 Å². The van der Waals surface area contributed by atoms with Crippen molar-refractivity contribution < 1.29 is 32.2 Å². The van der Waals surface area contributed by atoms with Gasteiger partial charge in [-0.15, -0.1) is 0 Å². The average Bonchev–Trinajstić information content (AvgIpc) is 3.43. The number of amides is 2. The SMILES string of the molecule is CNC1CCN(C(=O)[C@@H](COCc2ccccc2)NC(=O)c2cccnc2Oc2ccc(C(F)(F)F)cc2Cl)C1. The third kappa shape index (κ3) is 7.50. The minimum atomic E-state index is -4.58. The lowest BCUT2D eigenvalue weighted by molar-refractivity contribution is -0.137. The molecule has 2 atom stereocenters. The van der Waals surface area contributed by atoms with E-state index in [2.05, 4.69) is 15.6 Å². The fourth-order valence-electron chi connectivity index (χ4n) is 4.21. The molecule has 0 radical (unpaired) electrons. The Morgan fingerprint density at radius 3 is 2.60 bits per heavy atom. The second kappa shape index (κ2) is 13.1. The summed E-state index contributed by atoms with van der Waals surface area (Å²) in [4.78, 5) is 32.5. The van der Waals surface area contributed by atoms with Crippen LogP contribution in [0.3, 0.4) is 0 Å². The number of likely N-dealkylation sites (tertiary alicyclic amines) is 1. The van der Waals surface area contributed by atoms with E-state index in [9.17, 15) is 22.8 Å². The number of hydrogen-bond acceptors (Lipinski definition) is 6. The van der Waals surface area contributed by atoms with E-state index in [1.807, 2.05) is 37.4 Å². The normalized spacial score (nSPS) is 16.0. The van der Waals surface area contributed by atoms with E-state index in [4.69, 9.17) is 21.1 Å². The highest BCUT2D eigenvalue weighted by Crippen LogP contribution is 2.36. The number of benzene rings is 2. The molecule has 0 saturated carbocycles. The van der Waals surface area contributed by atoms with Gasteiger partial charge in [-0.05, 0) is 49.4 Å². The van der Waals surface area contributed by atoms with Crippen molar-refractivity contribution in [2.24, 2.45) is 0 Å². The Labute approximate surface area is 234 Å². The van der Waals surface area contributed by atoms with Crippen molar-refractivity contribution in [3.8, 4) is 11.6 Å². The first kappa shape index (κ1) is 29.3. The average molecular weight is 577 g/mol. The first-order chi connectivity index (χ1) is 19.2. The predicted molar refractivity (Wildman–Crippen MR) is 142 cm³/mol. The Balaban J connectivity index is 1.51. The zero-order chi connectivity index (χ0) is 28.7. The summed E-state index contributed by atoms with van der Waals surface area (Å²) in [5.74, 6) is -1.26. The number of nitrogens with one attached hydrogen (secondary N) is 2. The third-order valence-corrected chi connectivity index (χ3v) is 6.68. The molecule has 12 heteroatoms. The molecule has 1 aliphatic heterocycles. The first-order valence-electron chi connectivity index (χ1n) is 12.5. The molecule has 40 heavy (non-hydrogen) atoms. The van der Waals surface area contributed by atoms with Gasteiger partial charge in [-0.3, -0.25) is 9.59 Å². The van der Waals surface area contributed by atoms with Crippen molar-refractivity contribution in [2.75, 3.05) is 26.7 Å². The van der Waals surface area contributed by atoms with Crippen LogP contribution in [0.25, 0.3) is 0 Å². The van der Waals surface area contributed by atoms with Crippen molar-refractivity contribution in [1.82, 2.24) is 20.5 Å². The number of likely N-dealkylation sites (N-methyl/N-ethyl adjacent to an activating group) is 1. The molecule has 0 bridgehead atoms. The smallest absolute Gasteiger partial charge is 0.416 e. The van der Waals surface area contributed by atoms with Crippen LogP contribution in [0.15, 0.2) is 66.9 Å². The largest absolute Gasteiger partial charge is 0.437 e. The van der Waals surface area contributed by atoms with Gasteiger partial charge in [0, 0.05) is 25.3 Å². The van der Waals surface area contributed by atoms with Crippen molar-refractivity contribution >= 4 is 23.4 Å². The maximum Gasteiger partial charge on any atom is 0.416 e. The van der Waals surface area contributed by atoms with E-state index in [0.29, 0.717) is 13.1 Å². The highest BCUT2D eigenvalue weighted by molar-refractivity contribution is 6.32. The molecule has 1 unspecified atom stereocenters. The van der Waals surface area contributed by atoms with Crippen LogP contribution in [0.4, 0.5) is 13.2 Å². The minimum absolute atomic E-state index is 0.0335. The summed E-state index contributed by atoms with van der Waals surface area (Å²) in [5, 5.41) is 5.57. The molecule has 0 spiro atoms. The van der Waals surface area contributed by atoms with Crippen LogP contribution >= 0.6 is 11.6 Å². The van der Waals surface area contributed by atoms with E-state index < -0.39 is 23.7 Å². The lowest BCUT2D eigenvalue weighted by Crippen LogP contribution is -2.51. The molecule has 3 aromatic rings. The number of rotatable bonds is 10. The highest BCUT2D eigenvalue weighted by atomic mass is 35.5. The van der Waals surface area contributed by atoms with Crippen molar-refractivity contribution in [1.29, 1.82) is 0 Å². The van der Waals surface area contributed by atoms with Crippen LogP contribution in [-0.4, -0.2) is 60.5 Å². The Morgan fingerprint density at radius 1 is 1.15 bits per heavy atom. The molecule has 1 saturated heterocycles. The summed E-state index contributed by atoms with van der Waals surface area (Å²) in [7, 11) is 1.83. The Hall–Kier alpha value is -3.67. The van der Waals surface area contributed by atoms with Gasteiger partial charge in [-0.1, -0.05) is 41.9 Å². The molecule has 2 N–H and O–H groups in total. The Bertz CT molecular complexity index is 1330. The number of halogens is 4. The topological polar surface area (TPSA) is 92.8 Å². The maximum absolute atomic E-state index is 13.4. The van der Waals surface area contributed by atoms with Crippen molar-refractivity contribution in [2.45, 2.75) is 31.3 Å². The van der Waals surface area contributed by atoms with Gasteiger partial charge in [-0.25, -0.2) is 4.98 Å². The second-order valence-electron chi connectivity index (χ2n) is 9.19. The van der Waals surface area contributed by atoms with Gasteiger partial charge in [0.2, 0.25) is 11.8 Å². The summed E-state index contributed by atoms with van der Waals surface area (Å²) in [6.45, 7) is 1.19. The standard InChI is InChI=1S/C28H28ClF3N4O4/c1-33-20-11-13-36(15-20)27(38)23(17-39-16-18-6-3-2-4-7-18)35-25(37)21-8-5-12-34-26(21)40-24-10-9-19(14-22(24)29)28(30,31)32/h2-10,12,14,20,23,33H,11,13,15-17H2,1H3,(H,35,37)/t20?,23-/m1/s1. The number of pyridine rings is 1. The molecule has 212 valence electrons. The van der Waals surface area contributed by atoms with E-state index in [-0.39, 0.29) is 47.4 Å². The maximum atomic E-state index is 13.4. The fraction of sp³-hybridized carbons (Fsp3) is 0.321. The number of hydrogen-bond donors (Lipinski definition) is 2. The minimum Gasteiger partial charge on any atom is -0.437 e. The molecule has 0 aliphatic carbocycles. The number of carbonyl (C=O) groups is 2. The summed E-state index contributed by atoms with van der Waals surface area (Å²) in [5.41, 5.74) is -0.0650. The molecule has 1 aliphatic rings. The number of carbonyl (C=O) groups excluding carboxylic acids is 2. The summed E-state index contributed by atoms with van der Waals surface area (Å²) in [6, 6.07) is 14.1. The Morgan fingerprint density at radius 2 is 1.93 bits per heavy atom. The monoisotopic (exact) mass is 576 g/mol. The van der Waals surface area contributed by atoms with Crippen LogP contribution in [0.1, 0.15) is 27.9 Å². The van der Waals surface area contributed by atoms with Gasteiger partial charge < -0.3 is 25.0 Å². The second-order valence-corrected chi connectivity index (χ2v) is 9.59. The number of aromatic nitrogens is 1. The lowest BCUT2D eigenvalue weighted by atomic mass is 10.2. The molecular formula is C28H28ClF3N4O4. The quantitative estimate of drug-likeness (QED) is 0.364. The molecule has 2 heterocycles. The zero-order valence-corrected chi connectivity index (χ0v) is 22.3. The zero-order valence-electron chi connectivity index (χ0n) is 21.6. The van der Waals surface area contributed by atoms with E-state index in [0.717, 1.165) is 30.2 Å². The molecule has 2 aromatic carbocycles. The molecule has 8 nitrogen and oxygen atoms in total. The van der Waals surface area contributed by atoms with Crippen molar-refractivity contribution in [3.05, 3.63) is 88.6 Å². The van der Waals surface area contributed by atoms with Gasteiger partial charge >= 0.3 is 6.18 Å². The van der Waals surface area contributed by atoms with Crippen LogP contribution in [0.5, 0.6) is 11.6 Å². The Kier molecular flexibility index (Phi) is 9.62. The molecule has 4 rings (SSSR count). The molecule has 1 aromatic heterocycles. The fourth-order valence-corrected chi connectivity index (χ4v) is 4.42. The number of ether oxygens (including phenoxy) is 2. The van der Waals surface area contributed by atoms with E-state index in [1.54, 1.807) is 4.90 Å². The lowest BCUT2D eigenvalue weighted by Gasteiger charge is -2.25. The summed E-state index contributed by atoms with van der Waals surface area (Å²) < 4.78 is 50.5. The van der Waals surface area contributed by atoms with Crippen molar-refractivity contribution in [3.63, 3.8) is 0 Å². The summed E-state index contributed by atoms with van der Waals surface area (Å²) >= 11 is 6.02. The highest BCUT2D eigenvalue weighted by Gasteiger charge is 2.33. The number of nitrogens with zero attached hydrogens (tertiary/aromatic N) is 2. The van der Waals surface area contributed by atoms with Gasteiger partial charge in [0.15, 0.2) is 0 Å². The molecule has 2 amide bonds. The number of alkyl halides is 3. The van der Waals surface area contributed by atoms with Crippen LogP contribution in [0, 0.1) is 0 Å². The van der Waals surface area contributed by atoms with Gasteiger partial charge in [0.05, 0.1) is 23.8 Å². The van der Waals surface area contributed by atoms with Gasteiger partial charge in [0.1, 0.15) is 17.4 Å². The molecular weight excluding hydrogens is 549 g/mol. The predicted octanol–water partition coefficient (Wildman–Crippen LogP) is 4.68. The van der Waals surface area contributed by atoms with E-state index in [1.165, 1.54) is 18.3 Å². The van der Waals surface area contributed by atoms with Crippen LogP contribution < -0.4 is 15.4 Å². The molecule has 1 fully saturated rings. The van der Waals surface area contributed by atoms with Crippen LogP contribution in [-0.2, 0) is 22.3 Å². The van der Waals surface area contributed by atoms with Gasteiger partial charge in [0.25, 0.3) is 5.91 Å². The summed E-state index contributed by atoms with van der Waals surface area (Å²) in [6.07, 6.45) is -2.44. The third-order valence-electron chi connectivity index (χ3n) is 6.39. The van der Waals surface area contributed by atoms with Gasteiger partial charge in [-0.2, -0.15) is 13.2 Å². The first-order valence-corrected chi connectivity index (χ1v) is 12.9.